The Labute approximate surface area is 102 Å². The number of carboxylic acid groups (broad SMARTS) is 1. The van der Waals surface area contributed by atoms with Crippen LogP contribution in [0.25, 0.3) is 0 Å². The third kappa shape index (κ3) is 4.25. The van der Waals surface area contributed by atoms with Gasteiger partial charge in [0.2, 0.25) is 10.0 Å². The molecule has 0 aromatic heterocycles. The van der Waals surface area contributed by atoms with Gasteiger partial charge in [-0.3, -0.25) is 4.79 Å². The molecule has 1 heterocycles. The zero-order valence-corrected chi connectivity index (χ0v) is 11.1. The summed E-state index contributed by atoms with van der Waals surface area (Å²) in [5, 5.41) is 8.50. The van der Waals surface area contributed by atoms with Crippen LogP contribution in [0.3, 0.4) is 0 Å². The van der Waals surface area contributed by atoms with Crippen molar-refractivity contribution in [2.45, 2.75) is 25.3 Å². The molecule has 0 aliphatic carbocycles. The topological polar surface area (TPSA) is 77.9 Å². The molecular formula is C10H20N2O4S. The van der Waals surface area contributed by atoms with Crippen molar-refractivity contribution in [2.75, 3.05) is 32.9 Å². The highest BCUT2D eigenvalue weighted by atomic mass is 32.2. The van der Waals surface area contributed by atoms with Crippen LogP contribution in [0, 0.1) is 0 Å². The maximum absolute atomic E-state index is 11.8. The van der Waals surface area contributed by atoms with Crippen LogP contribution in [-0.4, -0.2) is 67.7 Å². The van der Waals surface area contributed by atoms with E-state index in [0.717, 1.165) is 12.8 Å². The van der Waals surface area contributed by atoms with Crippen LogP contribution in [0.1, 0.15) is 19.3 Å². The van der Waals surface area contributed by atoms with Crippen LogP contribution in [0.15, 0.2) is 0 Å². The lowest BCUT2D eigenvalue weighted by atomic mass is 10.1. The fraction of sp³-hybridized carbons (Fsp3) is 0.900. The molecule has 0 amide bonds. The molecule has 0 bridgehead atoms. The van der Waals surface area contributed by atoms with Gasteiger partial charge in [-0.15, -0.1) is 0 Å². The van der Waals surface area contributed by atoms with Crippen molar-refractivity contribution in [1.29, 1.82) is 0 Å². The summed E-state index contributed by atoms with van der Waals surface area (Å²) in [6.07, 6.45) is 1.29. The molecule has 100 valence electrons. The van der Waals surface area contributed by atoms with Crippen LogP contribution >= 0.6 is 0 Å². The summed E-state index contributed by atoms with van der Waals surface area (Å²) < 4.78 is 25.0. The molecule has 1 aliphatic rings. The smallest absolute Gasteiger partial charge is 0.304 e. The van der Waals surface area contributed by atoms with E-state index in [1.54, 1.807) is 0 Å². The van der Waals surface area contributed by atoms with Gasteiger partial charge in [0.05, 0.1) is 12.2 Å². The first kappa shape index (κ1) is 14.4. The number of rotatable bonds is 5. The van der Waals surface area contributed by atoms with E-state index in [4.69, 9.17) is 5.11 Å². The van der Waals surface area contributed by atoms with E-state index >= 15 is 0 Å². The van der Waals surface area contributed by atoms with Gasteiger partial charge in [-0.25, -0.2) is 12.7 Å². The molecule has 0 radical (unpaired) electrons. The molecular weight excluding hydrogens is 244 g/mol. The summed E-state index contributed by atoms with van der Waals surface area (Å²) >= 11 is 0. The van der Waals surface area contributed by atoms with E-state index in [9.17, 15) is 13.2 Å². The second kappa shape index (κ2) is 5.79. The Kier molecular flexibility index (Phi) is 4.91. The largest absolute Gasteiger partial charge is 0.481 e. The number of sulfonamides is 1. The van der Waals surface area contributed by atoms with Crippen molar-refractivity contribution in [3.8, 4) is 0 Å². The zero-order chi connectivity index (χ0) is 13.1. The fourth-order valence-electron chi connectivity index (χ4n) is 1.98. The normalized spacial score (nSPS) is 19.7. The van der Waals surface area contributed by atoms with Gasteiger partial charge in [0.1, 0.15) is 0 Å². The number of carbonyl (C=O) groups is 1. The van der Waals surface area contributed by atoms with Crippen molar-refractivity contribution in [1.82, 2.24) is 9.21 Å². The Morgan fingerprint density at radius 3 is 2.29 bits per heavy atom. The van der Waals surface area contributed by atoms with E-state index in [2.05, 4.69) is 4.90 Å². The van der Waals surface area contributed by atoms with Gasteiger partial charge in [-0.1, -0.05) is 0 Å². The van der Waals surface area contributed by atoms with Crippen LogP contribution in [0.4, 0.5) is 0 Å². The van der Waals surface area contributed by atoms with Crippen LogP contribution in [-0.2, 0) is 14.8 Å². The molecule has 1 saturated heterocycles. The number of hydrogen-bond donors (Lipinski definition) is 1. The Hall–Kier alpha value is -0.660. The summed E-state index contributed by atoms with van der Waals surface area (Å²) in [5.41, 5.74) is 0. The Balaban J connectivity index is 2.50. The lowest BCUT2D eigenvalue weighted by molar-refractivity contribution is -0.136. The average molecular weight is 264 g/mol. The molecule has 1 fully saturated rings. The highest BCUT2D eigenvalue weighted by molar-refractivity contribution is 7.89. The first-order valence-electron chi connectivity index (χ1n) is 5.69. The average Bonchev–Trinajstić information content (AvgIpc) is 2.27. The van der Waals surface area contributed by atoms with Gasteiger partial charge < -0.3 is 10.0 Å². The zero-order valence-electron chi connectivity index (χ0n) is 10.3. The molecule has 17 heavy (non-hydrogen) atoms. The van der Waals surface area contributed by atoms with Crippen LogP contribution in [0.2, 0.25) is 0 Å². The minimum atomic E-state index is -3.39. The molecule has 0 unspecified atom stereocenters. The van der Waals surface area contributed by atoms with Crippen molar-refractivity contribution in [3.63, 3.8) is 0 Å². The van der Waals surface area contributed by atoms with Gasteiger partial charge in [0.15, 0.2) is 0 Å². The first-order valence-corrected chi connectivity index (χ1v) is 7.30. The van der Waals surface area contributed by atoms with Crippen molar-refractivity contribution < 1.29 is 18.3 Å². The number of hydrogen-bond acceptors (Lipinski definition) is 4. The maximum atomic E-state index is 11.8. The summed E-state index contributed by atoms with van der Waals surface area (Å²) in [6, 6.07) is 0.418. The number of carboxylic acids is 1. The number of piperidine rings is 1. The van der Waals surface area contributed by atoms with E-state index < -0.39 is 16.0 Å². The Morgan fingerprint density at radius 1 is 1.35 bits per heavy atom. The molecule has 1 N–H and O–H groups in total. The summed E-state index contributed by atoms with van der Waals surface area (Å²) in [7, 11) is 0.577. The first-order chi connectivity index (χ1) is 7.83. The van der Waals surface area contributed by atoms with Crippen molar-refractivity contribution >= 4 is 16.0 Å². The third-order valence-corrected chi connectivity index (χ3v) is 4.99. The summed E-state index contributed by atoms with van der Waals surface area (Å²) in [6.45, 7) is 0.982. The lowest BCUT2D eigenvalue weighted by Crippen LogP contribution is -2.45. The maximum Gasteiger partial charge on any atom is 0.304 e. The van der Waals surface area contributed by atoms with Crippen LogP contribution < -0.4 is 0 Å². The molecule has 1 rings (SSSR count). The number of aliphatic carboxylic acids is 1. The summed E-state index contributed by atoms with van der Waals surface area (Å²) in [4.78, 5) is 12.5. The Bertz CT molecular complexity index is 359. The second-order valence-corrected chi connectivity index (χ2v) is 6.64. The van der Waals surface area contributed by atoms with Gasteiger partial charge in [0.25, 0.3) is 0 Å². The molecule has 0 aromatic rings. The predicted molar refractivity (Wildman–Crippen MR) is 64.3 cm³/mol. The van der Waals surface area contributed by atoms with Gasteiger partial charge in [0, 0.05) is 19.1 Å². The van der Waals surface area contributed by atoms with E-state index in [-0.39, 0.29) is 12.2 Å². The van der Waals surface area contributed by atoms with Gasteiger partial charge in [-0.2, -0.15) is 0 Å². The summed E-state index contributed by atoms with van der Waals surface area (Å²) in [5.74, 6) is -1.37. The second-order valence-electron chi connectivity index (χ2n) is 4.55. The number of nitrogens with zero attached hydrogens (tertiary/aromatic N) is 2. The Morgan fingerprint density at radius 2 is 1.88 bits per heavy atom. The minimum Gasteiger partial charge on any atom is -0.481 e. The van der Waals surface area contributed by atoms with Crippen LogP contribution in [0.5, 0.6) is 0 Å². The molecule has 7 heteroatoms. The SMILES string of the molecule is CN(C)C1CCN(S(=O)(=O)CCC(=O)O)CC1. The van der Waals surface area contributed by atoms with E-state index in [0.29, 0.717) is 19.1 Å². The van der Waals surface area contributed by atoms with Crippen molar-refractivity contribution in [3.05, 3.63) is 0 Å². The third-order valence-electron chi connectivity index (χ3n) is 3.12. The molecule has 0 saturated carbocycles. The molecule has 0 spiro atoms. The monoisotopic (exact) mass is 264 g/mol. The standard InChI is InChI=1S/C10H20N2O4S/c1-11(2)9-3-6-12(7-4-9)17(15,16)8-5-10(13)14/h9H,3-8H2,1-2H3,(H,13,14). The van der Waals surface area contributed by atoms with Gasteiger partial charge >= 0.3 is 5.97 Å². The highest BCUT2D eigenvalue weighted by Crippen LogP contribution is 2.17. The lowest BCUT2D eigenvalue weighted by Gasteiger charge is -2.34. The highest BCUT2D eigenvalue weighted by Gasteiger charge is 2.28. The molecule has 6 nitrogen and oxygen atoms in total. The fourth-order valence-corrected chi connectivity index (χ4v) is 3.44. The molecule has 1 aliphatic heterocycles. The van der Waals surface area contributed by atoms with E-state index in [1.165, 1.54) is 4.31 Å². The molecule has 0 aromatic carbocycles. The van der Waals surface area contributed by atoms with Gasteiger partial charge in [-0.05, 0) is 26.9 Å². The minimum absolute atomic E-state index is 0.297. The van der Waals surface area contributed by atoms with Crippen molar-refractivity contribution in [2.24, 2.45) is 0 Å². The van der Waals surface area contributed by atoms with E-state index in [1.807, 2.05) is 14.1 Å². The molecule has 0 atom stereocenters. The quantitative estimate of drug-likeness (QED) is 0.745. The predicted octanol–water partition coefficient (Wildman–Crippen LogP) is -0.183.